The van der Waals surface area contributed by atoms with E-state index in [9.17, 15) is 24.4 Å². The summed E-state index contributed by atoms with van der Waals surface area (Å²) in [5.74, 6) is 1.97. The van der Waals surface area contributed by atoms with E-state index in [2.05, 4.69) is 58.0 Å². The first kappa shape index (κ1) is 40.2. The number of hydrogen-bond acceptors (Lipinski definition) is 10. The summed E-state index contributed by atoms with van der Waals surface area (Å²) in [6.45, 7) is 4.67. The van der Waals surface area contributed by atoms with Gasteiger partial charge in [0, 0.05) is 49.7 Å². The quantitative estimate of drug-likeness (QED) is 0.0756. The number of carboxylic acid groups (broad SMARTS) is 2. The lowest BCUT2D eigenvalue weighted by molar-refractivity contribution is -0.165. The van der Waals surface area contributed by atoms with Crippen LogP contribution in [0.5, 0.6) is 5.75 Å². The number of nitrogens with two attached hydrogens (primary N) is 2. The molecule has 0 aromatic heterocycles. The van der Waals surface area contributed by atoms with Crippen molar-refractivity contribution in [2.24, 2.45) is 11.5 Å². The summed E-state index contributed by atoms with van der Waals surface area (Å²) in [5, 5.41) is 42.9. The van der Waals surface area contributed by atoms with E-state index in [1.165, 1.54) is 11.1 Å². The summed E-state index contributed by atoms with van der Waals surface area (Å²) in [6.07, 6.45) is -4.32. The highest BCUT2D eigenvalue weighted by atomic mass is 35.5. The summed E-state index contributed by atoms with van der Waals surface area (Å²) >= 11 is 6.15. The van der Waals surface area contributed by atoms with Crippen molar-refractivity contribution in [2.75, 3.05) is 45.9 Å². The van der Waals surface area contributed by atoms with Gasteiger partial charge >= 0.3 is 18.0 Å². The van der Waals surface area contributed by atoms with Crippen LogP contribution in [0.3, 0.4) is 0 Å². The van der Waals surface area contributed by atoms with Gasteiger partial charge in [-0.25, -0.2) is 19.4 Å². The maximum atomic E-state index is 12.1. The molecule has 1 aliphatic heterocycles. The number of piperazine rings is 1. The molecule has 1 fully saturated rings. The Balaban J connectivity index is 0.000000612. The van der Waals surface area contributed by atoms with Crippen LogP contribution in [-0.4, -0.2) is 122 Å². The number of ether oxygens (including phenoxy) is 1. The van der Waals surface area contributed by atoms with Crippen LogP contribution in [0, 0.1) is 11.8 Å². The molecule has 0 spiro atoms. The maximum absolute atomic E-state index is 12.1. The number of primary amides is 2. The van der Waals surface area contributed by atoms with E-state index in [4.69, 9.17) is 48.2 Å². The zero-order valence-electron chi connectivity index (χ0n) is 27.5. The van der Waals surface area contributed by atoms with Crippen LogP contribution in [0.15, 0.2) is 72.8 Å². The highest BCUT2D eigenvalue weighted by molar-refractivity contribution is 6.30. The SMILES string of the molecule is NC(=O)c1cc(C#CCCN(O)C(N)=O)ccc1OCCN1CCN([C@H](c2ccccc2)c2ccc(Cl)cc2)CC1.O=C(O)[C@H](O)[C@@H](O)C(=O)O. The molecule has 0 aliphatic carbocycles. The number of carbonyl (C=O) groups is 4. The van der Waals surface area contributed by atoms with Crippen molar-refractivity contribution in [3.8, 4) is 17.6 Å². The number of carboxylic acids is 2. The van der Waals surface area contributed by atoms with Crippen molar-refractivity contribution in [1.82, 2.24) is 14.9 Å². The van der Waals surface area contributed by atoms with Crippen LogP contribution in [0.25, 0.3) is 0 Å². The number of hydrogen-bond donors (Lipinski definition) is 7. The first-order valence-electron chi connectivity index (χ1n) is 15.7. The fourth-order valence-corrected chi connectivity index (χ4v) is 5.18. The molecule has 0 saturated carbocycles. The summed E-state index contributed by atoms with van der Waals surface area (Å²) in [6, 6.07) is 22.8. The Labute approximate surface area is 299 Å². The summed E-state index contributed by atoms with van der Waals surface area (Å²) in [5.41, 5.74) is 13.8. The Kier molecular flexibility index (Phi) is 15.6. The lowest BCUT2D eigenvalue weighted by Crippen LogP contribution is -2.48. The third-order valence-electron chi connectivity index (χ3n) is 7.72. The van der Waals surface area contributed by atoms with Crippen molar-refractivity contribution >= 4 is 35.5 Å². The molecule has 15 nitrogen and oxygen atoms in total. The van der Waals surface area contributed by atoms with Crippen molar-refractivity contribution in [3.63, 3.8) is 0 Å². The molecule has 1 heterocycles. The molecule has 4 rings (SSSR count). The zero-order chi connectivity index (χ0) is 37.5. The molecule has 16 heteroatoms. The molecule has 3 atom stereocenters. The number of aliphatic hydroxyl groups is 2. The van der Waals surface area contributed by atoms with Gasteiger partial charge in [-0.1, -0.05) is 65.9 Å². The predicted molar refractivity (Wildman–Crippen MR) is 185 cm³/mol. The molecule has 1 saturated heterocycles. The van der Waals surface area contributed by atoms with Crippen LogP contribution < -0.4 is 16.2 Å². The third kappa shape index (κ3) is 12.6. The standard InChI is InChI=1S/C31H34ClN5O4.C4H6O6/c32-26-12-10-25(11-13-26)29(24-7-2-1-3-8-24)36-18-16-35(17-19-36)20-21-41-28-14-9-23(22-27(28)30(33)38)6-4-5-15-37(40)31(34)39;5-1(3(7)8)2(6)4(9)10/h1-3,7-14,22,29,40H,5,15-21H2,(H2,33,38)(H2,34,39);1-2,5-6H,(H,7,8)(H,9,10)/t29-;1-,2-/m11/s1. The number of halogens is 1. The molecule has 1 aliphatic rings. The number of rotatable bonds is 13. The molecule has 0 unspecified atom stereocenters. The van der Waals surface area contributed by atoms with E-state index >= 15 is 0 Å². The van der Waals surface area contributed by atoms with Crippen LogP contribution in [0.4, 0.5) is 4.79 Å². The van der Waals surface area contributed by atoms with Crippen molar-refractivity contribution in [1.29, 1.82) is 0 Å². The second-order valence-electron chi connectivity index (χ2n) is 11.2. The van der Waals surface area contributed by atoms with E-state index in [0.29, 0.717) is 29.5 Å². The molecule has 3 aromatic carbocycles. The van der Waals surface area contributed by atoms with Gasteiger partial charge in [0.05, 0.1) is 18.2 Å². The van der Waals surface area contributed by atoms with Gasteiger partial charge in [-0.2, -0.15) is 0 Å². The van der Waals surface area contributed by atoms with E-state index in [-0.39, 0.29) is 24.6 Å². The number of hydroxylamine groups is 2. The van der Waals surface area contributed by atoms with Gasteiger partial charge in [-0.05, 0) is 41.5 Å². The summed E-state index contributed by atoms with van der Waals surface area (Å²) < 4.78 is 5.96. The molecule has 3 amide bonds. The molecule has 0 bridgehead atoms. The van der Waals surface area contributed by atoms with E-state index in [1.807, 2.05) is 18.2 Å². The van der Waals surface area contributed by atoms with E-state index in [0.717, 1.165) is 31.2 Å². The number of amides is 3. The van der Waals surface area contributed by atoms with Gasteiger partial charge in [0.1, 0.15) is 12.4 Å². The van der Waals surface area contributed by atoms with Gasteiger partial charge in [-0.3, -0.25) is 19.8 Å². The number of aliphatic hydroxyl groups excluding tert-OH is 2. The topological polar surface area (TPSA) is 240 Å². The number of benzene rings is 3. The van der Waals surface area contributed by atoms with Crippen LogP contribution in [0.1, 0.15) is 39.5 Å². The first-order chi connectivity index (χ1) is 24.3. The highest BCUT2D eigenvalue weighted by Gasteiger charge is 2.29. The van der Waals surface area contributed by atoms with E-state index in [1.54, 1.807) is 18.2 Å². The minimum Gasteiger partial charge on any atom is -0.491 e. The van der Waals surface area contributed by atoms with Crippen molar-refractivity contribution in [3.05, 3.63) is 100 Å². The van der Waals surface area contributed by atoms with Crippen molar-refractivity contribution in [2.45, 2.75) is 24.7 Å². The molecule has 0 radical (unpaired) electrons. The molecular weight excluding hydrogens is 686 g/mol. The molecule has 272 valence electrons. The third-order valence-corrected chi connectivity index (χ3v) is 7.98. The van der Waals surface area contributed by atoms with Gasteiger partial charge in [0.25, 0.3) is 5.91 Å². The molecule has 3 aromatic rings. The minimum absolute atomic E-state index is 0.0193. The first-order valence-corrected chi connectivity index (χ1v) is 16.1. The summed E-state index contributed by atoms with van der Waals surface area (Å²) in [4.78, 5) is 47.3. The summed E-state index contributed by atoms with van der Waals surface area (Å²) in [7, 11) is 0. The largest absolute Gasteiger partial charge is 0.491 e. The Morgan fingerprint density at radius 2 is 1.45 bits per heavy atom. The molecule has 9 N–H and O–H groups in total. The monoisotopic (exact) mass is 725 g/mol. The average molecular weight is 726 g/mol. The Bertz CT molecular complexity index is 1670. The predicted octanol–water partition coefficient (Wildman–Crippen LogP) is 1.61. The Morgan fingerprint density at radius 1 is 0.863 bits per heavy atom. The fourth-order valence-electron chi connectivity index (χ4n) is 5.06. The van der Waals surface area contributed by atoms with Gasteiger partial charge in [0.15, 0.2) is 12.2 Å². The second-order valence-corrected chi connectivity index (χ2v) is 11.7. The van der Waals surface area contributed by atoms with Gasteiger partial charge in [-0.15, -0.1) is 0 Å². The normalized spacial score (nSPS) is 14.7. The lowest BCUT2D eigenvalue weighted by Gasteiger charge is -2.39. The van der Waals surface area contributed by atoms with Gasteiger partial charge < -0.3 is 36.6 Å². The maximum Gasteiger partial charge on any atom is 0.338 e. The molecule has 51 heavy (non-hydrogen) atoms. The van der Waals surface area contributed by atoms with Crippen LogP contribution >= 0.6 is 11.6 Å². The van der Waals surface area contributed by atoms with Crippen molar-refractivity contribution < 1.29 is 49.5 Å². The minimum atomic E-state index is -2.27. The highest BCUT2D eigenvalue weighted by Crippen LogP contribution is 2.30. The Morgan fingerprint density at radius 3 is 2.00 bits per heavy atom. The van der Waals surface area contributed by atoms with E-state index < -0.39 is 36.1 Å². The number of carbonyl (C=O) groups excluding carboxylic acids is 2. The number of nitrogens with zero attached hydrogens (tertiary/aromatic N) is 3. The zero-order valence-corrected chi connectivity index (χ0v) is 28.2. The van der Waals surface area contributed by atoms with Crippen LogP contribution in [-0.2, 0) is 9.59 Å². The second kappa shape index (κ2) is 19.8. The molecular formula is C35H40ClN5O10. The average Bonchev–Trinajstić information content (AvgIpc) is 3.11. The lowest BCUT2D eigenvalue weighted by atomic mass is 9.96. The number of urea groups is 1. The van der Waals surface area contributed by atoms with Gasteiger partial charge in [0.2, 0.25) is 0 Å². The smallest absolute Gasteiger partial charge is 0.338 e. The Hall–Kier alpha value is -5.21. The fraction of sp³-hybridized carbons (Fsp3) is 0.314. The number of aliphatic carboxylic acids is 2. The van der Waals surface area contributed by atoms with Crippen LogP contribution in [0.2, 0.25) is 5.02 Å².